The van der Waals surface area contributed by atoms with E-state index < -0.39 is 17.6 Å². The van der Waals surface area contributed by atoms with Gasteiger partial charge in [0.15, 0.2) is 0 Å². The summed E-state index contributed by atoms with van der Waals surface area (Å²) in [5.74, 6) is -1.76. The Morgan fingerprint density at radius 2 is 1.68 bits per heavy atom. The Morgan fingerprint density at radius 3 is 2.29 bits per heavy atom. The molecule has 2 aromatic rings. The number of nitrogens with one attached hydrogen (secondary N) is 1. The van der Waals surface area contributed by atoms with Crippen LogP contribution < -0.4 is 5.32 Å². The quantitative estimate of drug-likeness (QED) is 0.499. The van der Waals surface area contributed by atoms with E-state index in [1.165, 1.54) is 19.1 Å². The number of benzene rings is 2. The first-order valence-corrected chi connectivity index (χ1v) is 13.8. The predicted octanol–water partition coefficient (Wildman–Crippen LogP) is 6.04. The standard InChI is InChI=1S/C30H38ClF2N3O2/c1-18(34-19(2)37)25-14-21(31)6-8-23(25)20-10-12-35(13-11-20)29(38)27-17-36(30(3,4)5)16-26(27)24-9-7-22(32)15-28(24)33/h6-9,14-15,18,20,26-27H,10-13,16-17H2,1-5H3,(H,34,37)/t18-,26+,27?/m1/s1. The van der Waals surface area contributed by atoms with Gasteiger partial charge < -0.3 is 10.2 Å². The molecule has 5 nitrogen and oxygen atoms in total. The molecule has 8 heteroatoms. The monoisotopic (exact) mass is 545 g/mol. The van der Waals surface area contributed by atoms with E-state index >= 15 is 0 Å². The molecule has 206 valence electrons. The van der Waals surface area contributed by atoms with Crippen LogP contribution in [0.4, 0.5) is 8.78 Å². The summed E-state index contributed by atoms with van der Waals surface area (Å²) in [4.78, 5) is 29.7. The van der Waals surface area contributed by atoms with Crippen molar-refractivity contribution < 1.29 is 18.4 Å². The first-order chi connectivity index (χ1) is 17.8. The largest absolute Gasteiger partial charge is 0.350 e. The van der Waals surface area contributed by atoms with E-state index in [9.17, 15) is 18.4 Å². The fraction of sp³-hybridized carbons (Fsp3) is 0.533. The second-order valence-electron chi connectivity index (χ2n) is 11.7. The van der Waals surface area contributed by atoms with E-state index in [0.29, 0.717) is 36.8 Å². The van der Waals surface area contributed by atoms with Crippen LogP contribution in [-0.4, -0.2) is 53.3 Å². The Bertz CT molecular complexity index is 1190. The summed E-state index contributed by atoms with van der Waals surface area (Å²) in [6, 6.07) is 9.32. The number of carbonyl (C=O) groups is 2. The molecule has 0 aliphatic carbocycles. The molecule has 0 aromatic heterocycles. The summed E-state index contributed by atoms with van der Waals surface area (Å²) in [6.45, 7) is 12.0. The molecule has 0 saturated carbocycles. The molecule has 38 heavy (non-hydrogen) atoms. The van der Waals surface area contributed by atoms with Crippen LogP contribution in [0.3, 0.4) is 0 Å². The zero-order valence-corrected chi connectivity index (χ0v) is 23.6. The summed E-state index contributed by atoms with van der Waals surface area (Å²) < 4.78 is 28.5. The molecule has 4 rings (SSSR count). The first kappa shape index (κ1) is 28.5. The van der Waals surface area contributed by atoms with Crippen molar-refractivity contribution in [2.24, 2.45) is 5.92 Å². The molecule has 2 aromatic carbocycles. The molecule has 1 unspecified atom stereocenters. The van der Waals surface area contributed by atoms with Crippen molar-refractivity contribution in [3.63, 3.8) is 0 Å². The van der Waals surface area contributed by atoms with Gasteiger partial charge in [-0.3, -0.25) is 14.5 Å². The van der Waals surface area contributed by atoms with Crippen LogP contribution >= 0.6 is 11.6 Å². The zero-order chi connectivity index (χ0) is 27.8. The topological polar surface area (TPSA) is 52.7 Å². The van der Waals surface area contributed by atoms with E-state index in [4.69, 9.17) is 11.6 Å². The number of halogens is 3. The van der Waals surface area contributed by atoms with Gasteiger partial charge in [-0.25, -0.2) is 8.78 Å². The lowest BCUT2D eigenvalue weighted by Crippen LogP contribution is -2.44. The molecular weight excluding hydrogens is 508 g/mol. The van der Waals surface area contributed by atoms with Crippen molar-refractivity contribution in [2.75, 3.05) is 26.2 Å². The summed E-state index contributed by atoms with van der Waals surface area (Å²) in [6.07, 6.45) is 1.58. The summed E-state index contributed by atoms with van der Waals surface area (Å²) in [5.41, 5.74) is 2.38. The number of carbonyl (C=O) groups excluding carboxylic acids is 2. The zero-order valence-electron chi connectivity index (χ0n) is 22.9. The second kappa shape index (κ2) is 11.3. The van der Waals surface area contributed by atoms with E-state index in [-0.39, 0.29) is 35.2 Å². The van der Waals surface area contributed by atoms with Crippen LogP contribution in [0.15, 0.2) is 36.4 Å². The van der Waals surface area contributed by atoms with Crippen LogP contribution in [-0.2, 0) is 9.59 Å². The van der Waals surface area contributed by atoms with Crippen molar-refractivity contribution >= 4 is 23.4 Å². The third kappa shape index (κ3) is 6.20. The molecule has 2 aliphatic heterocycles. The minimum atomic E-state index is -0.615. The van der Waals surface area contributed by atoms with Crippen molar-refractivity contribution in [3.05, 3.63) is 69.7 Å². The Hall–Kier alpha value is -2.51. The van der Waals surface area contributed by atoms with Crippen LogP contribution in [0.5, 0.6) is 0 Å². The van der Waals surface area contributed by atoms with Gasteiger partial charge >= 0.3 is 0 Å². The Labute approximate surface area is 229 Å². The second-order valence-corrected chi connectivity index (χ2v) is 12.2. The SMILES string of the molecule is CC(=O)N[C@H](C)c1cc(Cl)ccc1C1CCN(C(=O)C2CN(C(C)(C)C)C[C@H]2c2ccc(F)cc2F)CC1. The van der Waals surface area contributed by atoms with Gasteiger partial charge in [-0.2, -0.15) is 0 Å². The maximum absolute atomic E-state index is 14.8. The highest BCUT2D eigenvalue weighted by Gasteiger charge is 2.44. The number of hydrogen-bond acceptors (Lipinski definition) is 3. The normalized spacial score (nSPS) is 21.9. The highest BCUT2D eigenvalue weighted by molar-refractivity contribution is 6.30. The summed E-state index contributed by atoms with van der Waals surface area (Å²) in [5, 5.41) is 3.58. The van der Waals surface area contributed by atoms with E-state index in [2.05, 4.69) is 31.0 Å². The average Bonchev–Trinajstić information content (AvgIpc) is 3.29. The predicted molar refractivity (Wildman–Crippen MR) is 146 cm³/mol. The van der Waals surface area contributed by atoms with Gasteiger partial charge in [0.25, 0.3) is 0 Å². The van der Waals surface area contributed by atoms with Crippen LogP contribution in [0.2, 0.25) is 5.02 Å². The number of hydrogen-bond donors (Lipinski definition) is 1. The molecule has 0 spiro atoms. The lowest BCUT2D eigenvalue weighted by Gasteiger charge is -2.36. The lowest BCUT2D eigenvalue weighted by molar-refractivity contribution is -0.136. The summed E-state index contributed by atoms with van der Waals surface area (Å²) in [7, 11) is 0. The van der Waals surface area contributed by atoms with Gasteiger partial charge in [0.1, 0.15) is 11.6 Å². The third-order valence-corrected chi connectivity index (χ3v) is 8.36. The number of nitrogens with zero attached hydrogens (tertiary/aromatic N) is 2. The third-order valence-electron chi connectivity index (χ3n) is 8.13. The van der Waals surface area contributed by atoms with E-state index in [1.54, 1.807) is 0 Å². The van der Waals surface area contributed by atoms with Crippen molar-refractivity contribution in [2.45, 2.75) is 70.9 Å². The Kier molecular flexibility index (Phi) is 8.48. The Morgan fingerprint density at radius 1 is 1.03 bits per heavy atom. The van der Waals surface area contributed by atoms with Gasteiger partial charge in [-0.05, 0) is 81.3 Å². The molecule has 2 heterocycles. The molecule has 0 radical (unpaired) electrons. The molecule has 1 N–H and O–H groups in total. The average molecular weight is 546 g/mol. The van der Waals surface area contributed by atoms with Crippen LogP contribution in [0, 0.1) is 17.6 Å². The highest BCUT2D eigenvalue weighted by Crippen LogP contribution is 2.40. The number of piperidine rings is 1. The first-order valence-electron chi connectivity index (χ1n) is 13.4. The number of rotatable bonds is 5. The molecule has 2 fully saturated rings. The van der Waals surface area contributed by atoms with E-state index in [0.717, 1.165) is 30.0 Å². The maximum Gasteiger partial charge on any atom is 0.227 e. The van der Waals surface area contributed by atoms with Crippen molar-refractivity contribution in [1.29, 1.82) is 0 Å². The Balaban J connectivity index is 1.51. The smallest absolute Gasteiger partial charge is 0.227 e. The molecule has 2 aliphatic rings. The molecule has 3 atom stereocenters. The maximum atomic E-state index is 14.8. The molecule has 2 amide bonds. The van der Waals surface area contributed by atoms with Gasteiger partial charge in [-0.1, -0.05) is 23.7 Å². The number of likely N-dealkylation sites (tertiary alicyclic amines) is 2. The molecule has 2 saturated heterocycles. The minimum absolute atomic E-state index is 0.0341. The number of amides is 2. The van der Waals surface area contributed by atoms with Crippen LogP contribution in [0.25, 0.3) is 0 Å². The van der Waals surface area contributed by atoms with Gasteiger partial charge in [-0.15, -0.1) is 0 Å². The van der Waals surface area contributed by atoms with Crippen molar-refractivity contribution in [3.8, 4) is 0 Å². The minimum Gasteiger partial charge on any atom is -0.350 e. The van der Waals surface area contributed by atoms with Gasteiger partial charge in [0.05, 0.1) is 12.0 Å². The fourth-order valence-electron chi connectivity index (χ4n) is 6.04. The van der Waals surface area contributed by atoms with Crippen LogP contribution in [0.1, 0.15) is 82.0 Å². The van der Waals surface area contributed by atoms with Gasteiger partial charge in [0, 0.05) is 55.6 Å². The lowest BCUT2D eigenvalue weighted by atomic mass is 9.83. The van der Waals surface area contributed by atoms with E-state index in [1.807, 2.05) is 30.0 Å². The highest BCUT2D eigenvalue weighted by atomic mass is 35.5. The fourth-order valence-corrected chi connectivity index (χ4v) is 6.22. The molecular formula is C30H38ClF2N3O2. The summed E-state index contributed by atoms with van der Waals surface area (Å²) >= 11 is 6.28. The van der Waals surface area contributed by atoms with Gasteiger partial charge in [0.2, 0.25) is 11.8 Å². The van der Waals surface area contributed by atoms with Crippen molar-refractivity contribution in [1.82, 2.24) is 15.1 Å². The molecule has 0 bridgehead atoms.